The monoisotopic (exact) mass is 442 g/mol. The van der Waals surface area contributed by atoms with E-state index in [9.17, 15) is 19.2 Å². The second-order valence-corrected chi connectivity index (χ2v) is 9.45. The number of piperidine rings is 2. The molecule has 3 saturated heterocycles. The summed E-state index contributed by atoms with van der Waals surface area (Å²) in [4.78, 5) is 54.5. The first kappa shape index (κ1) is 21.1. The third-order valence-electron chi connectivity index (χ3n) is 7.30. The van der Waals surface area contributed by atoms with E-state index in [1.807, 2.05) is 11.9 Å². The van der Waals surface area contributed by atoms with Crippen LogP contribution in [0.5, 0.6) is 0 Å². The van der Waals surface area contributed by atoms with Gasteiger partial charge in [0.1, 0.15) is 11.9 Å². The molecule has 4 aliphatic rings. The number of carbonyl (C=O) groups excluding carboxylic acids is 4. The molecule has 4 heterocycles. The van der Waals surface area contributed by atoms with Gasteiger partial charge in [0.05, 0.1) is 5.92 Å². The number of nitrogens with one attached hydrogen (secondary N) is 1. The van der Waals surface area contributed by atoms with Crippen LogP contribution < -0.4 is 5.32 Å². The van der Waals surface area contributed by atoms with Crippen molar-refractivity contribution in [3.63, 3.8) is 0 Å². The highest BCUT2D eigenvalue weighted by molar-refractivity contribution is 6.05. The lowest BCUT2D eigenvalue weighted by atomic mass is 9.86. The second-order valence-electron chi connectivity index (χ2n) is 9.45. The van der Waals surface area contributed by atoms with Crippen LogP contribution in [0.2, 0.25) is 0 Å². The Balaban J connectivity index is 1.27. The number of fused-ring (bicyclic) bond motifs is 1. The molecule has 0 radical (unpaired) electrons. The van der Waals surface area contributed by atoms with E-state index in [0.717, 1.165) is 13.1 Å². The van der Waals surface area contributed by atoms with Gasteiger partial charge in [-0.3, -0.25) is 24.5 Å². The van der Waals surface area contributed by atoms with Crippen molar-refractivity contribution in [1.82, 2.24) is 20.0 Å². The van der Waals surface area contributed by atoms with E-state index < -0.39 is 17.8 Å². The summed E-state index contributed by atoms with van der Waals surface area (Å²) in [6, 6.07) is 2.34. The molecular formula is C23H27FN4O4. The number of amides is 4. The fourth-order valence-corrected chi connectivity index (χ4v) is 5.45. The first-order valence-corrected chi connectivity index (χ1v) is 11.3. The quantitative estimate of drug-likeness (QED) is 0.702. The average molecular weight is 442 g/mol. The third-order valence-corrected chi connectivity index (χ3v) is 7.30. The molecule has 0 bridgehead atoms. The number of nitrogens with zero attached hydrogens (tertiary/aromatic N) is 3. The average Bonchev–Trinajstić information content (AvgIpc) is 3.06. The molecule has 0 spiro atoms. The van der Waals surface area contributed by atoms with Gasteiger partial charge in [-0.1, -0.05) is 6.07 Å². The molecule has 3 fully saturated rings. The summed E-state index contributed by atoms with van der Waals surface area (Å²) in [7, 11) is 2.00. The van der Waals surface area contributed by atoms with Crippen molar-refractivity contribution >= 4 is 23.6 Å². The molecule has 1 aromatic carbocycles. The highest BCUT2D eigenvalue weighted by atomic mass is 19.1. The van der Waals surface area contributed by atoms with Crippen LogP contribution in [0.1, 0.15) is 53.1 Å². The van der Waals surface area contributed by atoms with Crippen molar-refractivity contribution in [2.24, 2.45) is 5.92 Å². The normalized spacial score (nSPS) is 25.1. The van der Waals surface area contributed by atoms with Gasteiger partial charge in [-0.2, -0.15) is 0 Å². The van der Waals surface area contributed by atoms with Crippen LogP contribution in [0, 0.1) is 11.7 Å². The molecule has 4 amide bonds. The van der Waals surface area contributed by atoms with E-state index in [2.05, 4.69) is 10.2 Å². The third kappa shape index (κ3) is 3.58. The Morgan fingerprint density at radius 1 is 1.09 bits per heavy atom. The molecule has 170 valence electrons. The Labute approximate surface area is 185 Å². The summed E-state index contributed by atoms with van der Waals surface area (Å²) < 4.78 is 15.0. The van der Waals surface area contributed by atoms with E-state index in [-0.39, 0.29) is 54.5 Å². The van der Waals surface area contributed by atoms with E-state index in [0.29, 0.717) is 37.1 Å². The predicted molar refractivity (Wildman–Crippen MR) is 112 cm³/mol. The lowest BCUT2D eigenvalue weighted by Crippen LogP contribution is -2.53. The molecule has 0 aromatic heterocycles. The van der Waals surface area contributed by atoms with Gasteiger partial charge in [-0.25, -0.2) is 4.39 Å². The van der Waals surface area contributed by atoms with Crippen LogP contribution in [-0.2, 0) is 20.9 Å². The van der Waals surface area contributed by atoms with Gasteiger partial charge < -0.3 is 14.7 Å². The van der Waals surface area contributed by atoms with E-state index >= 15 is 4.39 Å². The number of hydrogen-bond donors (Lipinski definition) is 1. The maximum absolute atomic E-state index is 15.0. The zero-order valence-electron chi connectivity index (χ0n) is 18.1. The molecule has 1 aromatic rings. The first-order chi connectivity index (χ1) is 15.3. The lowest BCUT2D eigenvalue weighted by Gasteiger charge is -2.40. The van der Waals surface area contributed by atoms with Crippen LogP contribution in [0.15, 0.2) is 12.1 Å². The molecule has 0 saturated carbocycles. The molecule has 1 unspecified atom stereocenters. The minimum Gasteiger partial charge on any atom is -0.342 e. The maximum atomic E-state index is 15.0. The first-order valence-electron chi connectivity index (χ1n) is 11.3. The number of imide groups is 1. The molecule has 1 N–H and O–H groups in total. The minimum absolute atomic E-state index is 0.00633. The zero-order valence-corrected chi connectivity index (χ0v) is 18.1. The Morgan fingerprint density at radius 2 is 1.81 bits per heavy atom. The van der Waals surface area contributed by atoms with Crippen molar-refractivity contribution in [1.29, 1.82) is 0 Å². The van der Waals surface area contributed by atoms with Crippen LogP contribution in [0.4, 0.5) is 4.39 Å². The molecular weight excluding hydrogens is 415 g/mol. The number of likely N-dealkylation sites (tertiary alicyclic amines) is 2. The van der Waals surface area contributed by atoms with Crippen LogP contribution in [0.25, 0.3) is 0 Å². The summed E-state index contributed by atoms with van der Waals surface area (Å²) in [5.74, 6) is -1.32. The highest BCUT2D eigenvalue weighted by Gasteiger charge is 2.40. The largest absolute Gasteiger partial charge is 0.342 e. The molecule has 1 atom stereocenters. The topological polar surface area (TPSA) is 90.0 Å². The number of carbonyl (C=O) groups is 4. The Morgan fingerprint density at radius 3 is 2.47 bits per heavy atom. The fourth-order valence-electron chi connectivity index (χ4n) is 5.45. The van der Waals surface area contributed by atoms with Crippen LogP contribution in [-0.4, -0.2) is 77.6 Å². The van der Waals surface area contributed by atoms with Gasteiger partial charge >= 0.3 is 0 Å². The maximum Gasteiger partial charge on any atom is 0.255 e. The fraction of sp³-hybridized carbons (Fsp3) is 0.565. The van der Waals surface area contributed by atoms with Crippen molar-refractivity contribution < 1.29 is 23.6 Å². The minimum atomic E-state index is -0.709. The highest BCUT2D eigenvalue weighted by Crippen LogP contribution is 2.36. The number of benzene rings is 1. The summed E-state index contributed by atoms with van der Waals surface area (Å²) in [5.41, 5.74) is 1.59. The molecule has 5 rings (SSSR count). The molecule has 9 heteroatoms. The molecule has 4 aliphatic heterocycles. The number of hydrogen-bond acceptors (Lipinski definition) is 5. The van der Waals surface area contributed by atoms with Gasteiger partial charge in [-0.15, -0.1) is 0 Å². The SMILES string of the molecule is CN1CC(C(=O)N2CCC(c3cc4c(cc3F)C(=O)N(C3CCC(=O)NC3=O)C4)CC2)C1. The van der Waals surface area contributed by atoms with Gasteiger partial charge in [-0.05, 0) is 49.4 Å². The molecule has 0 aliphatic carbocycles. The van der Waals surface area contributed by atoms with Crippen molar-refractivity contribution in [3.8, 4) is 0 Å². The predicted octanol–water partition coefficient (Wildman–Crippen LogP) is 0.854. The van der Waals surface area contributed by atoms with Crippen molar-refractivity contribution in [2.75, 3.05) is 33.2 Å². The van der Waals surface area contributed by atoms with Gasteiger partial charge in [0, 0.05) is 44.7 Å². The zero-order chi connectivity index (χ0) is 22.6. The Bertz CT molecular complexity index is 998. The summed E-state index contributed by atoms with van der Waals surface area (Å²) in [6.07, 6.45) is 1.84. The molecule has 8 nitrogen and oxygen atoms in total. The summed E-state index contributed by atoms with van der Waals surface area (Å²) >= 11 is 0. The Kier molecular flexibility index (Phi) is 5.23. The van der Waals surface area contributed by atoms with Gasteiger partial charge in [0.2, 0.25) is 17.7 Å². The van der Waals surface area contributed by atoms with E-state index in [4.69, 9.17) is 0 Å². The van der Waals surface area contributed by atoms with E-state index in [1.165, 1.54) is 11.0 Å². The smallest absolute Gasteiger partial charge is 0.255 e. The van der Waals surface area contributed by atoms with Crippen molar-refractivity contribution in [3.05, 3.63) is 34.6 Å². The summed E-state index contributed by atoms with van der Waals surface area (Å²) in [6.45, 7) is 3.06. The number of halogens is 1. The molecule has 32 heavy (non-hydrogen) atoms. The van der Waals surface area contributed by atoms with Crippen molar-refractivity contribution in [2.45, 2.75) is 44.2 Å². The second kappa shape index (κ2) is 7.95. The van der Waals surface area contributed by atoms with E-state index in [1.54, 1.807) is 6.07 Å². The van der Waals surface area contributed by atoms with Gasteiger partial charge in [0.25, 0.3) is 5.91 Å². The van der Waals surface area contributed by atoms with Crippen LogP contribution in [0.3, 0.4) is 0 Å². The number of rotatable bonds is 3. The standard InChI is InChI=1S/C23H27FN4O4/c1-26-10-15(11-26)22(31)27-6-4-13(5-7-27)16-8-14-12-28(23(32)17(14)9-18(16)24)19-2-3-20(29)25-21(19)30/h8-9,13,15,19H,2-7,10-12H2,1H3,(H,25,29,30). The van der Waals surface area contributed by atoms with Gasteiger partial charge in [0.15, 0.2) is 0 Å². The lowest BCUT2D eigenvalue weighted by molar-refractivity contribution is -0.141. The Hall–Kier alpha value is -2.81. The summed E-state index contributed by atoms with van der Waals surface area (Å²) in [5, 5.41) is 2.28. The van der Waals surface area contributed by atoms with Crippen LogP contribution >= 0.6 is 0 Å².